The maximum absolute atomic E-state index is 5.70. The number of para-hydroxylation sites is 1. The van der Waals surface area contributed by atoms with Crippen molar-refractivity contribution >= 4 is 17.4 Å². The first kappa shape index (κ1) is 11.7. The van der Waals surface area contributed by atoms with Crippen LogP contribution < -0.4 is 10.1 Å². The summed E-state index contributed by atoms with van der Waals surface area (Å²) in [6.45, 7) is 0.622. The van der Waals surface area contributed by atoms with Crippen molar-refractivity contribution in [3.8, 4) is 5.75 Å². The van der Waals surface area contributed by atoms with Crippen molar-refractivity contribution in [2.75, 3.05) is 12.4 Å². The highest BCUT2D eigenvalue weighted by molar-refractivity contribution is 6.28. The Hall–Kier alpha value is -1.81. The minimum atomic E-state index is 0.232. The van der Waals surface area contributed by atoms with Gasteiger partial charge in [0, 0.05) is 18.3 Å². The van der Waals surface area contributed by atoms with Gasteiger partial charge >= 0.3 is 0 Å². The quantitative estimate of drug-likeness (QED) is 0.847. The number of halogens is 1. The fraction of sp³-hybridized carbons (Fsp3) is 0.167. The molecule has 0 saturated carbocycles. The molecule has 2 aromatic rings. The average Bonchev–Trinajstić information content (AvgIpc) is 2.37. The molecular formula is C12H12ClN3O. The number of nitrogens with zero attached hydrogens (tertiary/aromatic N) is 2. The van der Waals surface area contributed by atoms with E-state index in [4.69, 9.17) is 16.3 Å². The van der Waals surface area contributed by atoms with Crippen LogP contribution in [0.15, 0.2) is 36.5 Å². The van der Waals surface area contributed by atoms with Crippen LogP contribution in [-0.2, 0) is 6.54 Å². The van der Waals surface area contributed by atoms with Crippen LogP contribution in [0.5, 0.6) is 5.75 Å². The summed E-state index contributed by atoms with van der Waals surface area (Å²) in [7, 11) is 1.65. The Balaban J connectivity index is 2.07. The molecule has 0 unspecified atom stereocenters. The Morgan fingerprint density at radius 1 is 1.29 bits per heavy atom. The molecule has 0 fully saturated rings. The molecule has 1 aromatic carbocycles. The van der Waals surface area contributed by atoms with E-state index in [1.165, 1.54) is 0 Å². The minimum Gasteiger partial charge on any atom is -0.496 e. The van der Waals surface area contributed by atoms with Crippen molar-refractivity contribution in [1.82, 2.24) is 9.97 Å². The molecule has 0 aliphatic carbocycles. The van der Waals surface area contributed by atoms with Crippen molar-refractivity contribution in [1.29, 1.82) is 0 Å². The normalized spacial score (nSPS) is 10.0. The first-order valence-corrected chi connectivity index (χ1v) is 5.51. The first-order valence-electron chi connectivity index (χ1n) is 5.14. The van der Waals surface area contributed by atoms with Gasteiger partial charge in [0.05, 0.1) is 7.11 Å². The molecular weight excluding hydrogens is 238 g/mol. The molecule has 0 aliphatic rings. The van der Waals surface area contributed by atoms with Gasteiger partial charge in [-0.25, -0.2) is 9.97 Å². The maximum Gasteiger partial charge on any atom is 0.224 e. The smallest absolute Gasteiger partial charge is 0.224 e. The van der Waals surface area contributed by atoms with Crippen molar-refractivity contribution < 1.29 is 4.74 Å². The zero-order valence-corrected chi connectivity index (χ0v) is 10.1. The van der Waals surface area contributed by atoms with Crippen molar-refractivity contribution in [3.63, 3.8) is 0 Å². The Morgan fingerprint density at radius 2 is 2.12 bits per heavy atom. The summed E-state index contributed by atoms with van der Waals surface area (Å²) >= 11 is 5.70. The third-order valence-corrected chi connectivity index (χ3v) is 2.46. The molecule has 1 N–H and O–H groups in total. The predicted molar refractivity (Wildman–Crippen MR) is 67.4 cm³/mol. The molecule has 0 bridgehead atoms. The van der Waals surface area contributed by atoms with Crippen molar-refractivity contribution in [2.24, 2.45) is 0 Å². The second kappa shape index (κ2) is 5.50. The van der Waals surface area contributed by atoms with Crippen LogP contribution in [0.25, 0.3) is 0 Å². The summed E-state index contributed by atoms with van der Waals surface area (Å²) in [6, 6.07) is 9.58. The lowest BCUT2D eigenvalue weighted by Gasteiger charge is -2.09. The van der Waals surface area contributed by atoms with E-state index in [0.29, 0.717) is 12.4 Å². The van der Waals surface area contributed by atoms with Crippen LogP contribution in [0, 0.1) is 0 Å². The van der Waals surface area contributed by atoms with Gasteiger partial charge in [-0.05, 0) is 23.7 Å². The van der Waals surface area contributed by atoms with Gasteiger partial charge in [-0.15, -0.1) is 0 Å². The van der Waals surface area contributed by atoms with Crippen LogP contribution in [0.1, 0.15) is 5.56 Å². The van der Waals surface area contributed by atoms with Gasteiger partial charge in [-0.2, -0.15) is 0 Å². The highest BCUT2D eigenvalue weighted by Crippen LogP contribution is 2.18. The number of aromatic nitrogens is 2. The van der Waals surface area contributed by atoms with Crippen molar-refractivity contribution in [3.05, 3.63) is 47.4 Å². The highest BCUT2D eigenvalue weighted by atomic mass is 35.5. The summed E-state index contributed by atoms with van der Waals surface area (Å²) in [5.41, 5.74) is 1.06. The zero-order chi connectivity index (χ0) is 12.1. The van der Waals surface area contributed by atoms with Gasteiger partial charge in [0.25, 0.3) is 0 Å². The van der Waals surface area contributed by atoms with E-state index < -0.39 is 0 Å². The lowest BCUT2D eigenvalue weighted by molar-refractivity contribution is 0.410. The number of hydrogen-bond acceptors (Lipinski definition) is 4. The number of nitrogens with one attached hydrogen (secondary N) is 1. The molecule has 2 rings (SSSR count). The van der Waals surface area contributed by atoms with E-state index in [-0.39, 0.29) is 5.28 Å². The molecule has 0 saturated heterocycles. The molecule has 1 aromatic heterocycles. The molecule has 1 heterocycles. The molecule has 88 valence electrons. The maximum atomic E-state index is 5.70. The predicted octanol–water partition coefficient (Wildman–Crippen LogP) is 2.75. The van der Waals surface area contributed by atoms with E-state index in [9.17, 15) is 0 Å². The van der Waals surface area contributed by atoms with Crippen LogP contribution in [0.2, 0.25) is 5.28 Å². The van der Waals surface area contributed by atoms with Crippen LogP contribution in [0.4, 0.5) is 5.82 Å². The lowest BCUT2D eigenvalue weighted by Crippen LogP contribution is -2.03. The Morgan fingerprint density at radius 3 is 2.88 bits per heavy atom. The number of benzene rings is 1. The van der Waals surface area contributed by atoms with Gasteiger partial charge in [-0.1, -0.05) is 18.2 Å². The Labute approximate surface area is 105 Å². The number of anilines is 1. The first-order chi connectivity index (χ1) is 8.29. The van der Waals surface area contributed by atoms with Gasteiger partial charge < -0.3 is 10.1 Å². The second-order valence-corrected chi connectivity index (χ2v) is 3.71. The third kappa shape index (κ3) is 3.07. The largest absolute Gasteiger partial charge is 0.496 e. The van der Waals surface area contributed by atoms with Crippen molar-refractivity contribution in [2.45, 2.75) is 6.54 Å². The monoisotopic (exact) mass is 249 g/mol. The molecule has 4 nitrogen and oxygen atoms in total. The van der Waals surface area contributed by atoms with Crippen LogP contribution >= 0.6 is 11.6 Å². The number of hydrogen-bond donors (Lipinski definition) is 1. The number of ether oxygens (including phenoxy) is 1. The summed E-state index contributed by atoms with van der Waals surface area (Å²) in [5, 5.41) is 3.39. The summed E-state index contributed by atoms with van der Waals surface area (Å²) in [4.78, 5) is 7.86. The SMILES string of the molecule is COc1ccccc1CNc1ccnc(Cl)n1. The third-order valence-electron chi connectivity index (χ3n) is 2.28. The zero-order valence-electron chi connectivity index (χ0n) is 9.35. The van der Waals surface area contributed by atoms with Gasteiger partial charge in [0.1, 0.15) is 11.6 Å². The molecule has 0 atom stereocenters. The Kier molecular flexibility index (Phi) is 3.77. The Bertz CT molecular complexity index is 505. The molecule has 17 heavy (non-hydrogen) atoms. The molecule has 0 radical (unpaired) electrons. The minimum absolute atomic E-state index is 0.232. The summed E-state index contributed by atoms with van der Waals surface area (Å²) in [6.07, 6.45) is 1.61. The second-order valence-electron chi connectivity index (χ2n) is 3.38. The fourth-order valence-electron chi connectivity index (χ4n) is 1.47. The van der Waals surface area contributed by atoms with Gasteiger partial charge in [-0.3, -0.25) is 0 Å². The number of rotatable bonds is 4. The van der Waals surface area contributed by atoms with E-state index in [1.54, 1.807) is 19.4 Å². The van der Waals surface area contributed by atoms with Crippen LogP contribution in [0.3, 0.4) is 0 Å². The van der Waals surface area contributed by atoms with E-state index >= 15 is 0 Å². The topological polar surface area (TPSA) is 47.0 Å². The molecule has 0 amide bonds. The summed E-state index contributed by atoms with van der Waals surface area (Å²) < 4.78 is 5.26. The summed E-state index contributed by atoms with van der Waals surface area (Å²) in [5.74, 6) is 1.54. The van der Waals surface area contributed by atoms with Gasteiger partial charge in [0.15, 0.2) is 0 Å². The van der Waals surface area contributed by atoms with Crippen LogP contribution in [-0.4, -0.2) is 17.1 Å². The molecule has 0 spiro atoms. The standard InChI is InChI=1S/C12H12ClN3O/c1-17-10-5-3-2-4-9(10)8-15-11-6-7-14-12(13)16-11/h2-7H,8H2,1H3,(H,14,15,16). The van der Waals surface area contributed by atoms with E-state index in [0.717, 1.165) is 11.3 Å². The molecule has 5 heteroatoms. The van der Waals surface area contributed by atoms with E-state index in [2.05, 4.69) is 15.3 Å². The average molecular weight is 250 g/mol. The van der Waals surface area contributed by atoms with E-state index in [1.807, 2.05) is 24.3 Å². The number of methoxy groups -OCH3 is 1. The highest BCUT2D eigenvalue weighted by Gasteiger charge is 2.02. The van der Waals surface area contributed by atoms with Gasteiger partial charge in [0.2, 0.25) is 5.28 Å². The fourth-order valence-corrected chi connectivity index (χ4v) is 1.62. The lowest BCUT2D eigenvalue weighted by atomic mass is 10.2. The molecule has 0 aliphatic heterocycles.